The topological polar surface area (TPSA) is 68.2 Å². The van der Waals surface area contributed by atoms with Crippen LogP contribution in [0.5, 0.6) is 0 Å². The van der Waals surface area contributed by atoms with Crippen LogP contribution in [-0.2, 0) is 4.74 Å². The minimum absolute atomic E-state index is 0.0329. The molecule has 1 unspecified atom stereocenters. The maximum atomic E-state index is 12.9. The third-order valence-electron chi connectivity index (χ3n) is 4.74. The molecule has 120 valence electrons. The van der Waals surface area contributed by atoms with E-state index in [0.29, 0.717) is 16.5 Å². The van der Waals surface area contributed by atoms with E-state index in [0.717, 1.165) is 25.7 Å². The van der Waals surface area contributed by atoms with Crippen molar-refractivity contribution in [2.45, 2.75) is 43.9 Å². The van der Waals surface area contributed by atoms with Crippen LogP contribution in [0.1, 0.15) is 36.2 Å². The molecule has 0 radical (unpaired) electrons. The van der Waals surface area contributed by atoms with Gasteiger partial charge in [0, 0.05) is 37.0 Å². The first-order valence-corrected chi connectivity index (χ1v) is 8.72. The normalized spacial score (nSPS) is 26.5. The van der Waals surface area contributed by atoms with Gasteiger partial charge in [-0.15, -0.1) is 11.3 Å². The largest absolute Gasteiger partial charge is 0.381 e. The van der Waals surface area contributed by atoms with E-state index in [4.69, 9.17) is 4.74 Å². The van der Waals surface area contributed by atoms with Crippen molar-refractivity contribution in [1.29, 1.82) is 0 Å². The second-order valence-electron chi connectivity index (χ2n) is 6.04. The number of amides is 1. The van der Waals surface area contributed by atoms with Gasteiger partial charge in [-0.2, -0.15) is 0 Å². The summed E-state index contributed by atoms with van der Waals surface area (Å²) in [5, 5.41) is 2.50. The molecule has 2 bridgehead atoms. The molecule has 3 atom stereocenters. The van der Waals surface area contributed by atoms with Crippen molar-refractivity contribution in [2.75, 3.05) is 7.11 Å². The lowest BCUT2D eigenvalue weighted by Crippen LogP contribution is -2.48. The maximum absolute atomic E-state index is 12.9. The van der Waals surface area contributed by atoms with Gasteiger partial charge in [-0.1, -0.05) is 0 Å². The average molecular weight is 330 g/mol. The molecule has 2 aromatic rings. The zero-order valence-corrected chi connectivity index (χ0v) is 13.7. The minimum Gasteiger partial charge on any atom is -0.381 e. The van der Waals surface area contributed by atoms with E-state index in [1.807, 2.05) is 10.3 Å². The fraction of sp³-hybridized carbons (Fsp3) is 0.500. The molecular weight excluding hydrogens is 312 g/mol. The summed E-state index contributed by atoms with van der Waals surface area (Å²) >= 11 is 1.41. The Labute approximate surface area is 138 Å². The Bertz CT molecular complexity index is 691. The molecule has 4 rings (SSSR count). The summed E-state index contributed by atoms with van der Waals surface area (Å²) in [6, 6.07) is 2.33. The highest BCUT2D eigenvalue weighted by molar-refractivity contribution is 7.13. The van der Waals surface area contributed by atoms with Crippen LogP contribution >= 0.6 is 11.3 Å². The van der Waals surface area contributed by atoms with E-state index in [1.54, 1.807) is 25.6 Å². The number of methoxy groups -OCH3 is 1. The van der Waals surface area contributed by atoms with Gasteiger partial charge in [-0.25, -0.2) is 15.0 Å². The molecule has 23 heavy (non-hydrogen) atoms. The third-order valence-corrected chi connectivity index (χ3v) is 5.58. The molecule has 0 aromatic carbocycles. The zero-order chi connectivity index (χ0) is 15.8. The number of nitrogens with zero attached hydrogens (tertiary/aromatic N) is 4. The van der Waals surface area contributed by atoms with Gasteiger partial charge in [0.25, 0.3) is 5.91 Å². The van der Waals surface area contributed by atoms with Crippen LogP contribution in [0, 0.1) is 0 Å². The third kappa shape index (κ3) is 2.64. The van der Waals surface area contributed by atoms with Crippen LogP contribution in [0.15, 0.2) is 23.8 Å². The molecule has 0 aliphatic carbocycles. The molecule has 2 aromatic heterocycles. The fourth-order valence-corrected chi connectivity index (χ4v) is 4.41. The van der Waals surface area contributed by atoms with E-state index >= 15 is 0 Å². The van der Waals surface area contributed by atoms with Crippen LogP contribution in [0.25, 0.3) is 10.8 Å². The second kappa shape index (κ2) is 5.98. The average Bonchev–Trinajstić information content (AvgIpc) is 3.18. The Morgan fingerprint density at radius 2 is 1.96 bits per heavy atom. The molecular formula is C16H18N4O2S. The molecule has 2 aliphatic heterocycles. The number of carbonyl (C=O) groups is 1. The number of rotatable bonds is 3. The van der Waals surface area contributed by atoms with Gasteiger partial charge < -0.3 is 9.64 Å². The summed E-state index contributed by atoms with van der Waals surface area (Å²) < 4.78 is 5.50. The van der Waals surface area contributed by atoms with Gasteiger partial charge in [0.05, 0.1) is 6.10 Å². The van der Waals surface area contributed by atoms with Crippen LogP contribution < -0.4 is 0 Å². The highest BCUT2D eigenvalue weighted by Crippen LogP contribution is 2.38. The Morgan fingerprint density at radius 3 is 2.61 bits per heavy atom. The first-order valence-electron chi connectivity index (χ1n) is 7.84. The molecule has 0 N–H and O–H groups in total. The standard InChI is InChI=1S/C16H18N4O2S/c1-22-12-7-10-3-4-11(8-12)20(10)16(21)13-9-23-15(19-13)14-17-5-2-6-18-14/h2,5-6,9-12H,3-4,7-8H2,1H3/t10-,11+,12?. The molecule has 2 aliphatic rings. The molecule has 4 heterocycles. The number of hydrogen-bond acceptors (Lipinski definition) is 6. The first kappa shape index (κ1) is 14.7. The van der Waals surface area contributed by atoms with E-state index in [2.05, 4.69) is 15.0 Å². The number of carbonyl (C=O) groups excluding carboxylic acids is 1. The lowest BCUT2D eigenvalue weighted by Gasteiger charge is -2.38. The summed E-state index contributed by atoms with van der Waals surface area (Å²) in [6.45, 7) is 0. The smallest absolute Gasteiger partial charge is 0.273 e. The molecule has 0 spiro atoms. The fourth-order valence-electron chi connectivity index (χ4n) is 3.67. The molecule has 7 heteroatoms. The Morgan fingerprint density at radius 1 is 1.26 bits per heavy atom. The van der Waals surface area contributed by atoms with Crippen LogP contribution in [0.2, 0.25) is 0 Å². The monoisotopic (exact) mass is 330 g/mol. The zero-order valence-electron chi connectivity index (χ0n) is 12.9. The van der Waals surface area contributed by atoms with Crippen molar-refractivity contribution < 1.29 is 9.53 Å². The van der Waals surface area contributed by atoms with Crippen molar-refractivity contribution in [1.82, 2.24) is 19.9 Å². The lowest BCUT2D eigenvalue weighted by molar-refractivity contribution is 0.00798. The lowest BCUT2D eigenvalue weighted by atomic mass is 9.99. The molecule has 2 saturated heterocycles. The number of aromatic nitrogens is 3. The van der Waals surface area contributed by atoms with E-state index in [1.165, 1.54) is 11.3 Å². The van der Waals surface area contributed by atoms with Gasteiger partial charge in [0.2, 0.25) is 0 Å². The van der Waals surface area contributed by atoms with Gasteiger partial charge in [-0.05, 0) is 31.7 Å². The number of hydrogen-bond donors (Lipinski definition) is 0. The van der Waals surface area contributed by atoms with Gasteiger partial charge in [-0.3, -0.25) is 4.79 Å². The van der Waals surface area contributed by atoms with Gasteiger partial charge in [0.15, 0.2) is 10.8 Å². The summed E-state index contributed by atoms with van der Waals surface area (Å²) in [4.78, 5) is 27.8. The molecule has 6 nitrogen and oxygen atoms in total. The van der Waals surface area contributed by atoms with Crippen LogP contribution in [0.4, 0.5) is 0 Å². The SMILES string of the molecule is COC1C[C@H]2CC[C@@H](C1)N2C(=O)c1csc(-c2ncccn2)n1. The van der Waals surface area contributed by atoms with Crippen molar-refractivity contribution in [3.8, 4) is 10.8 Å². The summed E-state index contributed by atoms with van der Waals surface area (Å²) in [6.07, 6.45) is 7.63. The Hall–Kier alpha value is -1.86. The van der Waals surface area contributed by atoms with Crippen LogP contribution in [-0.4, -0.2) is 51.1 Å². The highest BCUT2D eigenvalue weighted by Gasteiger charge is 2.44. The summed E-state index contributed by atoms with van der Waals surface area (Å²) in [5.41, 5.74) is 0.505. The highest BCUT2D eigenvalue weighted by atomic mass is 32.1. The van der Waals surface area contributed by atoms with E-state index in [9.17, 15) is 4.79 Å². The van der Waals surface area contributed by atoms with Crippen LogP contribution in [0.3, 0.4) is 0 Å². The van der Waals surface area contributed by atoms with E-state index < -0.39 is 0 Å². The van der Waals surface area contributed by atoms with Crippen molar-refractivity contribution >= 4 is 17.2 Å². The predicted molar refractivity (Wildman–Crippen MR) is 86.2 cm³/mol. The van der Waals surface area contributed by atoms with Gasteiger partial charge in [0.1, 0.15) is 5.69 Å². The van der Waals surface area contributed by atoms with E-state index in [-0.39, 0.29) is 24.1 Å². The van der Waals surface area contributed by atoms with Gasteiger partial charge >= 0.3 is 0 Å². The molecule has 0 saturated carbocycles. The number of piperidine rings is 1. The first-order chi connectivity index (χ1) is 11.3. The van der Waals surface area contributed by atoms with Crippen molar-refractivity contribution in [2.24, 2.45) is 0 Å². The molecule has 2 fully saturated rings. The Balaban J connectivity index is 1.55. The number of fused-ring (bicyclic) bond motifs is 2. The second-order valence-corrected chi connectivity index (χ2v) is 6.89. The number of thiazole rings is 1. The quantitative estimate of drug-likeness (QED) is 0.864. The summed E-state index contributed by atoms with van der Waals surface area (Å²) in [5.74, 6) is 0.600. The van der Waals surface area contributed by atoms with Crippen molar-refractivity contribution in [3.05, 3.63) is 29.5 Å². The molecule has 1 amide bonds. The number of ether oxygens (including phenoxy) is 1. The minimum atomic E-state index is 0.0329. The predicted octanol–water partition coefficient (Wildman–Crippen LogP) is 2.38. The maximum Gasteiger partial charge on any atom is 0.273 e. The summed E-state index contributed by atoms with van der Waals surface area (Å²) in [7, 11) is 1.76. The van der Waals surface area contributed by atoms with Crippen molar-refractivity contribution in [3.63, 3.8) is 0 Å². The Kier molecular flexibility index (Phi) is 3.82.